The molecule has 2 aromatic heterocycles. The van der Waals surface area contributed by atoms with E-state index in [0.717, 1.165) is 30.8 Å². The third-order valence-corrected chi connectivity index (χ3v) is 5.75. The summed E-state index contributed by atoms with van der Waals surface area (Å²) in [5.74, 6) is -0.0215. The van der Waals surface area contributed by atoms with Crippen molar-refractivity contribution in [1.29, 1.82) is 0 Å². The smallest absolute Gasteiger partial charge is 0.261 e. The number of halogens is 1. The zero-order chi connectivity index (χ0) is 19.5. The highest BCUT2D eigenvalue weighted by atomic mass is 35.5. The van der Waals surface area contributed by atoms with Crippen molar-refractivity contribution in [1.82, 2.24) is 20.3 Å². The Kier molecular flexibility index (Phi) is 5.40. The van der Waals surface area contributed by atoms with E-state index in [-0.39, 0.29) is 18.4 Å². The van der Waals surface area contributed by atoms with E-state index in [9.17, 15) is 9.59 Å². The van der Waals surface area contributed by atoms with Gasteiger partial charge in [-0.2, -0.15) is 0 Å². The molecular formula is C19H18ClN5O2S. The minimum atomic E-state index is -0.193. The van der Waals surface area contributed by atoms with Gasteiger partial charge in [-0.3, -0.25) is 9.59 Å². The van der Waals surface area contributed by atoms with Crippen LogP contribution in [0, 0.1) is 0 Å². The zero-order valence-corrected chi connectivity index (χ0v) is 16.5. The number of hydrogen-bond acceptors (Lipinski definition) is 5. The Labute approximate surface area is 170 Å². The molecule has 3 heterocycles. The highest BCUT2D eigenvalue weighted by Gasteiger charge is 2.19. The number of amides is 2. The number of carbonyl (C=O) groups is 2. The highest BCUT2D eigenvalue weighted by Crippen LogP contribution is 2.23. The van der Waals surface area contributed by atoms with Crippen LogP contribution in [0.1, 0.15) is 34.6 Å². The lowest BCUT2D eigenvalue weighted by Crippen LogP contribution is -2.35. The number of piperidine rings is 1. The summed E-state index contributed by atoms with van der Waals surface area (Å²) in [6.07, 6.45) is 4.37. The van der Waals surface area contributed by atoms with Gasteiger partial charge in [-0.05, 0) is 49.2 Å². The standard InChI is InChI=1S/C19H18ClN5O2S/c20-17-9-8-16(28-17)19(27)21-11-13-12-25(23-22-13)15-6-4-14(5-7-15)24-10-2-1-3-18(24)26/h4-9,12H,1-3,10-11H2,(H,21,27). The van der Waals surface area contributed by atoms with Gasteiger partial charge in [-0.25, -0.2) is 4.68 Å². The van der Waals surface area contributed by atoms with Crippen LogP contribution in [-0.2, 0) is 11.3 Å². The fourth-order valence-electron chi connectivity index (χ4n) is 3.06. The number of rotatable bonds is 5. The highest BCUT2D eigenvalue weighted by molar-refractivity contribution is 7.17. The monoisotopic (exact) mass is 415 g/mol. The quantitative estimate of drug-likeness (QED) is 0.692. The third kappa shape index (κ3) is 4.07. The first kappa shape index (κ1) is 18.6. The Balaban J connectivity index is 1.39. The molecule has 1 aliphatic rings. The van der Waals surface area contributed by atoms with E-state index in [2.05, 4.69) is 15.6 Å². The van der Waals surface area contributed by atoms with Crippen LogP contribution in [-0.4, -0.2) is 33.4 Å². The molecule has 144 valence electrons. The van der Waals surface area contributed by atoms with Crippen LogP contribution in [0.5, 0.6) is 0 Å². The number of carbonyl (C=O) groups excluding carboxylic acids is 2. The summed E-state index contributed by atoms with van der Waals surface area (Å²) in [5.41, 5.74) is 2.38. The molecule has 0 aliphatic carbocycles. The first-order valence-corrected chi connectivity index (χ1v) is 10.2. The molecule has 1 aliphatic heterocycles. The van der Waals surface area contributed by atoms with Crippen LogP contribution >= 0.6 is 22.9 Å². The van der Waals surface area contributed by atoms with Crippen molar-refractivity contribution in [2.45, 2.75) is 25.8 Å². The Morgan fingerprint density at radius 2 is 1.93 bits per heavy atom. The Hall–Kier alpha value is -2.71. The van der Waals surface area contributed by atoms with Crippen molar-refractivity contribution in [3.8, 4) is 5.69 Å². The summed E-state index contributed by atoms with van der Waals surface area (Å²) < 4.78 is 2.22. The van der Waals surface area contributed by atoms with Gasteiger partial charge < -0.3 is 10.2 Å². The molecule has 2 amide bonds. The van der Waals surface area contributed by atoms with Gasteiger partial charge in [0.1, 0.15) is 5.69 Å². The summed E-state index contributed by atoms with van der Waals surface area (Å²) in [6.45, 7) is 1.04. The van der Waals surface area contributed by atoms with Crippen LogP contribution in [0.4, 0.5) is 5.69 Å². The normalized spacial score (nSPS) is 14.3. The van der Waals surface area contributed by atoms with Gasteiger partial charge in [-0.1, -0.05) is 16.8 Å². The lowest BCUT2D eigenvalue weighted by Gasteiger charge is -2.26. The van der Waals surface area contributed by atoms with Gasteiger partial charge in [0.15, 0.2) is 0 Å². The van der Waals surface area contributed by atoms with Gasteiger partial charge in [0.05, 0.1) is 27.6 Å². The van der Waals surface area contributed by atoms with Crippen molar-refractivity contribution in [2.75, 3.05) is 11.4 Å². The number of thiophene rings is 1. The molecule has 9 heteroatoms. The Morgan fingerprint density at radius 3 is 2.64 bits per heavy atom. The van der Waals surface area contributed by atoms with E-state index in [1.807, 2.05) is 29.2 Å². The van der Waals surface area contributed by atoms with Crippen molar-refractivity contribution < 1.29 is 9.59 Å². The lowest BCUT2D eigenvalue weighted by atomic mass is 10.1. The molecule has 3 aromatic rings. The molecule has 4 rings (SSSR count). The fraction of sp³-hybridized carbons (Fsp3) is 0.263. The SMILES string of the molecule is O=C(NCc1cn(-c2ccc(N3CCCCC3=O)cc2)nn1)c1ccc(Cl)s1. The van der Waals surface area contributed by atoms with Gasteiger partial charge in [0, 0.05) is 18.7 Å². The summed E-state index contributed by atoms with van der Waals surface area (Å²) in [5, 5.41) is 11.0. The Bertz CT molecular complexity index is 998. The average Bonchev–Trinajstić information content (AvgIpc) is 3.36. The average molecular weight is 416 g/mol. The number of anilines is 1. The summed E-state index contributed by atoms with van der Waals surface area (Å²) in [4.78, 5) is 26.5. The summed E-state index contributed by atoms with van der Waals surface area (Å²) in [7, 11) is 0. The number of benzene rings is 1. The third-order valence-electron chi connectivity index (χ3n) is 4.52. The minimum absolute atomic E-state index is 0.171. The van der Waals surface area contributed by atoms with Crippen molar-refractivity contribution in [2.24, 2.45) is 0 Å². The molecular weight excluding hydrogens is 398 g/mol. The number of aromatic nitrogens is 3. The van der Waals surface area contributed by atoms with Crippen molar-refractivity contribution in [3.63, 3.8) is 0 Å². The van der Waals surface area contributed by atoms with Gasteiger partial charge in [-0.15, -0.1) is 16.4 Å². The van der Waals surface area contributed by atoms with Crippen LogP contribution in [0.15, 0.2) is 42.6 Å². The Morgan fingerprint density at radius 1 is 1.14 bits per heavy atom. The van der Waals surface area contributed by atoms with E-state index >= 15 is 0 Å². The first-order valence-electron chi connectivity index (χ1n) is 8.96. The summed E-state index contributed by atoms with van der Waals surface area (Å²) in [6, 6.07) is 11.0. The molecule has 0 saturated carbocycles. The first-order chi connectivity index (χ1) is 13.6. The molecule has 0 radical (unpaired) electrons. The minimum Gasteiger partial charge on any atom is -0.346 e. The van der Waals surface area contributed by atoms with Gasteiger partial charge in [0.25, 0.3) is 5.91 Å². The van der Waals surface area contributed by atoms with E-state index in [0.29, 0.717) is 21.3 Å². The van der Waals surface area contributed by atoms with Crippen molar-refractivity contribution >= 4 is 40.4 Å². The van der Waals surface area contributed by atoms with Gasteiger partial charge >= 0.3 is 0 Å². The van der Waals surface area contributed by atoms with Crippen LogP contribution < -0.4 is 10.2 Å². The predicted molar refractivity (Wildman–Crippen MR) is 108 cm³/mol. The lowest BCUT2D eigenvalue weighted by molar-refractivity contribution is -0.119. The van der Waals surface area contributed by atoms with E-state index in [1.165, 1.54) is 11.3 Å². The second-order valence-electron chi connectivity index (χ2n) is 6.46. The maximum Gasteiger partial charge on any atom is 0.261 e. The molecule has 1 N–H and O–H groups in total. The molecule has 0 unspecified atom stereocenters. The molecule has 0 atom stereocenters. The molecule has 1 fully saturated rings. The molecule has 0 spiro atoms. The number of nitrogens with one attached hydrogen (secondary N) is 1. The zero-order valence-electron chi connectivity index (χ0n) is 15.0. The second-order valence-corrected chi connectivity index (χ2v) is 8.17. The fourth-order valence-corrected chi connectivity index (χ4v) is 4.02. The molecule has 1 saturated heterocycles. The maximum absolute atomic E-state index is 12.1. The topological polar surface area (TPSA) is 80.1 Å². The largest absolute Gasteiger partial charge is 0.346 e. The van der Waals surface area contributed by atoms with Gasteiger partial charge in [0.2, 0.25) is 5.91 Å². The number of nitrogens with zero attached hydrogens (tertiary/aromatic N) is 4. The second kappa shape index (κ2) is 8.12. The molecule has 1 aromatic carbocycles. The molecule has 7 nitrogen and oxygen atoms in total. The number of hydrogen-bond donors (Lipinski definition) is 1. The molecule has 0 bridgehead atoms. The van der Waals surface area contributed by atoms with Crippen molar-refractivity contribution in [3.05, 3.63) is 57.5 Å². The van der Waals surface area contributed by atoms with Crippen LogP contribution in [0.3, 0.4) is 0 Å². The maximum atomic E-state index is 12.1. The van der Waals surface area contributed by atoms with Crippen LogP contribution in [0.25, 0.3) is 5.69 Å². The summed E-state index contributed by atoms with van der Waals surface area (Å²) >= 11 is 7.08. The van der Waals surface area contributed by atoms with E-state index in [1.54, 1.807) is 23.0 Å². The van der Waals surface area contributed by atoms with E-state index in [4.69, 9.17) is 11.6 Å². The van der Waals surface area contributed by atoms with E-state index < -0.39 is 0 Å². The molecule has 28 heavy (non-hydrogen) atoms. The predicted octanol–water partition coefficient (Wildman–Crippen LogP) is 3.43. The van der Waals surface area contributed by atoms with Crippen LogP contribution in [0.2, 0.25) is 4.34 Å².